The van der Waals surface area contributed by atoms with Gasteiger partial charge >= 0.3 is 0 Å². The van der Waals surface area contributed by atoms with Crippen LogP contribution in [0.25, 0.3) is 205 Å². The van der Waals surface area contributed by atoms with Gasteiger partial charge in [-0.25, -0.2) is 0 Å². The average Bonchev–Trinajstić information content (AvgIpc) is 1.50. The van der Waals surface area contributed by atoms with Crippen LogP contribution in [0.3, 0.4) is 0 Å². The summed E-state index contributed by atoms with van der Waals surface area (Å²) in [5.74, 6) is 0. The van der Waals surface area contributed by atoms with E-state index >= 15 is 0 Å². The fourth-order valence-electron chi connectivity index (χ4n) is 26.9. The van der Waals surface area contributed by atoms with Crippen LogP contribution in [-0.4, -0.2) is 4.57 Å². The van der Waals surface area contributed by atoms with Crippen molar-refractivity contribution in [3.05, 3.63) is 571 Å². The monoisotopic (exact) mass is 1880 g/mol. The average molecular weight is 1880 g/mol. The maximum Gasteiger partial charge on any atom is 0.136 e. The minimum Gasteiger partial charge on any atom is -0.456 e. The molecule has 3 heterocycles. The molecule has 0 saturated heterocycles. The summed E-state index contributed by atoms with van der Waals surface area (Å²) in [6.07, 6.45) is 0. The van der Waals surface area contributed by atoms with Crippen LogP contribution in [0.15, 0.2) is 524 Å². The van der Waals surface area contributed by atoms with Crippen LogP contribution in [0.2, 0.25) is 0 Å². The van der Waals surface area contributed by atoms with Gasteiger partial charge < -0.3 is 23.2 Å². The molecule has 0 aliphatic heterocycles. The second-order valence-electron chi connectivity index (χ2n) is 41.0. The summed E-state index contributed by atoms with van der Waals surface area (Å²) in [4.78, 5) is 5.08. The van der Waals surface area contributed by atoms with Gasteiger partial charge in [-0.3, -0.25) is 0 Å². The first kappa shape index (κ1) is 83.7. The Morgan fingerprint density at radius 3 is 1.17 bits per heavy atom. The minimum atomic E-state index is -0.723. The molecule has 0 N–H and O–H groups in total. The Bertz CT molecular complexity index is 10100. The lowest BCUT2D eigenvalue weighted by Gasteiger charge is -2.31. The molecule has 5 heteroatoms. The molecule has 23 aromatic carbocycles. The number of furan rings is 2. The number of nitrogens with zero attached hydrogens (tertiary/aromatic N) is 3. The van der Waals surface area contributed by atoms with E-state index in [1.54, 1.807) is 0 Å². The van der Waals surface area contributed by atoms with E-state index in [4.69, 9.17) is 8.83 Å². The molecule has 0 fully saturated rings. The van der Waals surface area contributed by atoms with Crippen molar-refractivity contribution in [1.82, 2.24) is 4.57 Å². The fraction of sp³-hybridized carbons (Fsp3) is 0.0350. The molecule has 3 aromatic heterocycles. The lowest BCUT2D eigenvalue weighted by molar-refractivity contribution is 0.660. The highest BCUT2D eigenvalue weighted by molar-refractivity contribution is 6.20. The van der Waals surface area contributed by atoms with Crippen molar-refractivity contribution >= 4 is 99.8 Å². The first-order chi connectivity index (χ1) is 73.1. The van der Waals surface area contributed by atoms with Crippen LogP contribution in [0.1, 0.15) is 69.5 Å². The highest BCUT2D eigenvalue weighted by Crippen LogP contribution is 2.68. The smallest absolute Gasteiger partial charge is 0.136 e. The van der Waals surface area contributed by atoms with Crippen LogP contribution < -0.4 is 9.80 Å². The Hall–Kier alpha value is -18.9. The number of aromatic nitrogens is 1. The summed E-state index contributed by atoms with van der Waals surface area (Å²) in [6, 6.07) is 194. The van der Waals surface area contributed by atoms with E-state index in [9.17, 15) is 0 Å². The van der Waals surface area contributed by atoms with Crippen molar-refractivity contribution in [3.63, 3.8) is 0 Å². The third-order valence-electron chi connectivity index (χ3n) is 33.2. The van der Waals surface area contributed by atoms with E-state index < -0.39 is 10.8 Å². The molecule has 5 nitrogen and oxygen atoms in total. The second-order valence-corrected chi connectivity index (χ2v) is 41.0. The number of para-hydroxylation sites is 4. The summed E-state index contributed by atoms with van der Waals surface area (Å²) in [5.41, 5.74) is 52.1. The number of hydrogen-bond donors (Lipinski definition) is 0. The Morgan fingerprint density at radius 1 is 0.182 bits per heavy atom. The first-order valence-electron chi connectivity index (χ1n) is 51.5. The summed E-state index contributed by atoms with van der Waals surface area (Å²) >= 11 is 0. The van der Waals surface area contributed by atoms with E-state index in [1.165, 1.54) is 117 Å². The van der Waals surface area contributed by atoms with Crippen molar-refractivity contribution in [2.45, 2.75) is 30.1 Å². The normalized spacial score (nSPS) is 14.8. The molecule has 2 atom stereocenters. The van der Waals surface area contributed by atoms with Gasteiger partial charge in [0.1, 0.15) is 22.3 Å². The zero-order chi connectivity index (χ0) is 97.3. The summed E-state index contributed by atoms with van der Waals surface area (Å²) in [5, 5.41) is 6.75. The molecule has 31 rings (SSSR count). The Labute approximate surface area is 857 Å². The summed E-state index contributed by atoms with van der Waals surface area (Å²) in [6.45, 7) is 4.77. The van der Waals surface area contributed by atoms with Crippen LogP contribution >= 0.6 is 0 Å². The molecule has 5 aliphatic carbocycles. The summed E-state index contributed by atoms with van der Waals surface area (Å²) in [7, 11) is 0. The standard InChI is InChI=1S/C143H91N3O2/c1-141(2)118-54-26-18-46-106(118)109-71-66-101(87-125(109)141)144(128-59-31-23-45-104(128)90-39-12-5-13-40-90)102-79-95(88-35-8-3-9-36-88)77-97(81-102)92-63-68-111-108-48-20-28-56-120(108)143(127(111)83-92)122-58-30-22-51-114(122)138-124(143)73-76-134-140(138)116-70-65-94(85-135(116)148-134)105-53-34-61-131(136(105)91-41-14-6-15-42-91)145(100-67-74-130-117(86-100)112-49-24-32-60-129(112)146(130)99-43-16-7-17-44-99)103-80-96(89-37-10-4-11-38-89)78-98(82-103)93-64-69-110-107-47-19-27-55-119(107)142(126(110)84-93)121-57-29-21-50-113(121)137-123(142)72-75-133-139(137)115-52-25-33-62-132(115)147-133/h3-87H,1-2H3. The SMILES string of the molecule is CC1(C)c2ccccc2-c2ccc(N(c3cc(-c4ccccc4)cc(-c4ccc5c(c4)C4(c6ccccc6-5)c5ccccc5-c5c4ccc4oc6cc(-c7cccc(N(c8cc(-c9ccccc9)cc(-c9ccc%10c(c9)C9(c%11ccccc%11-%10)c%10ccccc%10-c%10c9ccc9oc%11ccccc%11c%109)c8)c8ccc9c(c8)c8ccccc8n9-c8ccccc8)c7-c7ccccc7)ccc6c54)c3)c3ccccc3-c3ccccc3)cc21. The number of anilines is 6. The van der Waals surface area contributed by atoms with Gasteiger partial charge in [0, 0.05) is 77.3 Å². The Balaban J connectivity index is 0.587. The molecule has 0 radical (unpaired) electrons. The van der Waals surface area contributed by atoms with Gasteiger partial charge in [0.2, 0.25) is 0 Å². The van der Waals surface area contributed by atoms with E-state index in [-0.39, 0.29) is 5.41 Å². The van der Waals surface area contributed by atoms with Crippen molar-refractivity contribution in [3.8, 4) is 139 Å². The molecule has 0 saturated carbocycles. The molecule has 2 spiro atoms. The molecule has 26 aromatic rings. The molecular formula is C143H91N3O2. The molecule has 0 bridgehead atoms. The lowest BCUT2D eigenvalue weighted by Crippen LogP contribution is -2.25. The third kappa shape index (κ3) is 12.0. The molecule has 5 aliphatic rings. The number of hydrogen-bond acceptors (Lipinski definition) is 4. The van der Waals surface area contributed by atoms with E-state index in [0.29, 0.717) is 0 Å². The first-order valence-corrected chi connectivity index (χ1v) is 51.5. The van der Waals surface area contributed by atoms with Gasteiger partial charge in [0.15, 0.2) is 0 Å². The lowest BCUT2D eigenvalue weighted by atomic mass is 9.70. The van der Waals surface area contributed by atoms with E-state index in [2.05, 4.69) is 544 Å². The second kappa shape index (κ2) is 32.0. The maximum absolute atomic E-state index is 7.55. The molecule has 148 heavy (non-hydrogen) atoms. The minimum absolute atomic E-state index is 0.232. The topological polar surface area (TPSA) is 37.7 Å². The predicted octanol–water partition coefficient (Wildman–Crippen LogP) is 38.2. The molecule has 2 unspecified atom stereocenters. The zero-order valence-corrected chi connectivity index (χ0v) is 81.2. The van der Waals surface area contributed by atoms with Crippen molar-refractivity contribution < 1.29 is 8.83 Å². The highest BCUT2D eigenvalue weighted by atomic mass is 16.3. The third-order valence-corrected chi connectivity index (χ3v) is 33.2. The predicted molar refractivity (Wildman–Crippen MR) is 613 cm³/mol. The van der Waals surface area contributed by atoms with E-state index in [0.717, 1.165) is 178 Å². The highest BCUT2D eigenvalue weighted by Gasteiger charge is 2.55. The van der Waals surface area contributed by atoms with Gasteiger partial charge in [0.25, 0.3) is 0 Å². The number of rotatable bonds is 14. The summed E-state index contributed by atoms with van der Waals surface area (Å²) < 4.78 is 16.7. The van der Waals surface area contributed by atoms with Crippen molar-refractivity contribution in [1.29, 1.82) is 0 Å². The van der Waals surface area contributed by atoms with Gasteiger partial charge in [-0.15, -0.1) is 0 Å². The number of benzene rings is 23. The van der Waals surface area contributed by atoms with Gasteiger partial charge in [-0.1, -0.05) is 390 Å². The van der Waals surface area contributed by atoms with Crippen molar-refractivity contribution in [2.75, 3.05) is 9.80 Å². The molecular weight excluding hydrogens is 1790 g/mol. The Kier molecular flexibility index (Phi) is 18.1. The van der Waals surface area contributed by atoms with Crippen LogP contribution in [0.4, 0.5) is 34.1 Å². The Morgan fingerprint density at radius 2 is 0.581 bits per heavy atom. The maximum atomic E-state index is 7.55. The van der Waals surface area contributed by atoms with E-state index in [1.807, 2.05) is 0 Å². The zero-order valence-electron chi connectivity index (χ0n) is 81.2. The van der Waals surface area contributed by atoms with Gasteiger partial charge in [0.05, 0.1) is 33.2 Å². The van der Waals surface area contributed by atoms with Gasteiger partial charge in [-0.2, -0.15) is 0 Å². The van der Waals surface area contributed by atoms with Crippen molar-refractivity contribution in [2.24, 2.45) is 0 Å². The fourth-order valence-corrected chi connectivity index (χ4v) is 26.9. The van der Waals surface area contributed by atoms with Crippen LogP contribution in [0, 0.1) is 0 Å². The number of fused-ring (bicyclic) bond motifs is 34. The molecule has 690 valence electrons. The largest absolute Gasteiger partial charge is 0.456 e. The quantitative estimate of drug-likeness (QED) is 0.109. The van der Waals surface area contributed by atoms with Crippen LogP contribution in [-0.2, 0) is 16.2 Å². The molecule has 0 amide bonds. The van der Waals surface area contributed by atoms with Gasteiger partial charge in [-0.05, 0) is 318 Å². The van der Waals surface area contributed by atoms with Crippen LogP contribution in [0.5, 0.6) is 0 Å².